The van der Waals surface area contributed by atoms with Gasteiger partial charge in [-0.05, 0) is 97.2 Å². The molecule has 6 rings (SSSR count). The fourth-order valence-corrected chi connectivity index (χ4v) is 9.22. The van der Waals surface area contributed by atoms with Crippen LogP contribution >= 0.6 is 0 Å². The van der Waals surface area contributed by atoms with E-state index in [0.717, 1.165) is 28.6 Å². The summed E-state index contributed by atoms with van der Waals surface area (Å²) in [6, 6.07) is 36.0. The van der Waals surface area contributed by atoms with Crippen LogP contribution in [-0.2, 0) is 37.5 Å². The molecule has 2 aromatic heterocycles. The Morgan fingerprint density at radius 1 is 0.707 bits per heavy atom. The number of rotatable bonds is 31. The number of benzene rings is 4. The van der Waals surface area contributed by atoms with Gasteiger partial charge in [-0.15, -0.1) is 5.11 Å². The molecule has 4 amide bonds. The summed E-state index contributed by atoms with van der Waals surface area (Å²) in [5.74, 6) is -1.86. The largest absolute Gasteiger partial charge is 0.508 e. The SMILES string of the molecule is CC(C)(CCCCOc1cc(-c2ccccc2)cc(-c2ccccc2)n1)C(=O)N[C@@H](Cc1ccc(O)cc1)C(=O)NCCCC[C@H](NC(=O)c1ccc(N=NCc2ccccc2S(=O)(=O)O)nc1)C(=O)NC[C@H](O)[C@@H](O)[C@H](O)[C@H](O)CO. The number of ether oxygens (including phenoxy) is 1. The average molecular weight is 1150 g/mol. The highest BCUT2D eigenvalue weighted by Gasteiger charge is 2.33. The molecule has 0 aliphatic rings. The van der Waals surface area contributed by atoms with Crippen LogP contribution in [0.2, 0.25) is 0 Å². The van der Waals surface area contributed by atoms with Crippen molar-refractivity contribution in [2.24, 2.45) is 15.6 Å². The number of pyridine rings is 2. The van der Waals surface area contributed by atoms with E-state index in [1.165, 1.54) is 42.5 Å². The van der Waals surface area contributed by atoms with Crippen LogP contribution in [0, 0.1) is 5.41 Å². The van der Waals surface area contributed by atoms with Crippen LogP contribution in [0.15, 0.2) is 155 Å². The standard InChI is InChI=1S/C59H70N8O14S/c1-59(2,28-12-14-30-81-52-33-43(39-15-5-3-6-16-39)32-46(64-52)40-17-7-4-8-18-40)58(77)66-47(31-38-22-25-44(69)26-23-38)57(76)60-29-13-11-20-45(56(75)62-36-48(70)53(72)54(73)49(71)37-68)65-55(74)42-24-27-51(61-34-42)67-63-35-41-19-9-10-21-50(41)82(78,79)80/h3-10,15-19,21-27,32-34,45,47-49,53-54,68-73H,11-14,20,28-31,35-37H2,1-2H3,(H,60,76)(H,62,75)(H,65,74)(H,66,77)(H,78,79,80)/t45-,47-,48-,49+,53+,54+/m0/s1. The number of aromatic nitrogens is 2. The Bertz CT molecular complexity index is 3120. The third-order valence-electron chi connectivity index (χ3n) is 13.4. The molecule has 4 aromatic carbocycles. The topological polar surface area (TPSA) is 352 Å². The van der Waals surface area contributed by atoms with Crippen molar-refractivity contribution in [2.75, 3.05) is 26.3 Å². The maximum Gasteiger partial charge on any atom is 0.294 e. The minimum atomic E-state index is -4.51. The normalized spacial score (nSPS) is 14.0. The van der Waals surface area contributed by atoms with Gasteiger partial charge in [0.15, 0.2) is 5.82 Å². The number of phenolic OH excluding ortho intramolecular Hbond substituents is 1. The molecule has 11 N–H and O–H groups in total. The number of carbonyl (C=O) groups excluding carboxylic acids is 4. The molecule has 0 fully saturated rings. The highest BCUT2D eigenvalue weighted by Crippen LogP contribution is 2.30. The van der Waals surface area contributed by atoms with E-state index in [9.17, 15) is 57.7 Å². The number of hydrogen-bond donors (Lipinski definition) is 11. The van der Waals surface area contributed by atoms with Crippen molar-refractivity contribution in [1.29, 1.82) is 0 Å². The number of nitrogens with one attached hydrogen (secondary N) is 4. The first-order chi connectivity index (χ1) is 39.2. The van der Waals surface area contributed by atoms with Crippen LogP contribution < -0.4 is 26.0 Å². The fraction of sp³-hybridized carbons (Fsp3) is 0.356. The van der Waals surface area contributed by atoms with Crippen LogP contribution in [0.5, 0.6) is 11.6 Å². The lowest BCUT2D eigenvalue weighted by Gasteiger charge is -2.27. The number of aliphatic hydroxyl groups is 5. The molecule has 0 radical (unpaired) electrons. The number of phenols is 1. The third kappa shape index (κ3) is 19.3. The number of azo groups is 1. The Morgan fingerprint density at radius 2 is 1.37 bits per heavy atom. The lowest BCUT2D eigenvalue weighted by atomic mass is 9.85. The Kier molecular flexibility index (Phi) is 23.6. The molecule has 0 aliphatic heterocycles. The highest BCUT2D eigenvalue weighted by atomic mass is 32.2. The first kappa shape index (κ1) is 63.2. The molecule has 0 spiro atoms. The minimum absolute atomic E-state index is 0.00700. The Morgan fingerprint density at radius 3 is 2.04 bits per heavy atom. The van der Waals surface area contributed by atoms with Crippen LogP contribution in [0.25, 0.3) is 22.4 Å². The van der Waals surface area contributed by atoms with E-state index in [1.807, 2.05) is 72.8 Å². The quantitative estimate of drug-likeness (QED) is 0.0155. The number of nitrogens with zero attached hydrogens (tertiary/aromatic N) is 4. The molecule has 6 atom stereocenters. The average Bonchev–Trinajstić information content (AvgIpc) is 3.56. The van der Waals surface area contributed by atoms with Crippen molar-refractivity contribution in [3.63, 3.8) is 0 Å². The van der Waals surface area contributed by atoms with E-state index in [4.69, 9.17) is 14.8 Å². The van der Waals surface area contributed by atoms with E-state index in [1.54, 1.807) is 32.0 Å². The Balaban J connectivity index is 1.04. The van der Waals surface area contributed by atoms with Crippen molar-refractivity contribution in [2.45, 2.75) is 107 Å². The first-order valence-electron chi connectivity index (χ1n) is 26.7. The van der Waals surface area contributed by atoms with Crippen molar-refractivity contribution >= 4 is 39.6 Å². The fourth-order valence-electron chi connectivity index (χ4n) is 8.50. The zero-order valence-electron chi connectivity index (χ0n) is 45.4. The van der Waals surface area contributed by atoms with Gasteiger partial charge in [0.05, 0.1) is 42.0 Å². The first-order valence-corrected chi connectivity index (χ1v) is 28.1. The summed E-state index contributed by atoms with van der Waals surface area (Å²) in [6.07, 6.45) is -4.05. The zero-order chi connectivity index (χ0) is 59.2. The summed E-state index contributed by atoms with van der Waals surface area (Å²) >= 11 is 0. The number of hydrogen-bond acceptors (Lipinski definition) is 17. The molecular weight excluding hydrogens is 1080 g/mol. The van der Waals surface area contributed by atoms with Crippen LogP contribution in [0.4, 0.5) is 5.82 Å². The second kappa shape index (κ2) is 30.7. The molecule has 0 unspecified atom stereocenters. The van der Waals surface area contributed by atoms with Crippen molar-refractivity contribution in [3.05, 3.63) is 156 Å². The summed E-state index contributed by atoms with van der Waals surface area (Å²) in [7, 11) is -4.51. The Hall–Kier alpha value is -8.03. The van der Waals surface area contributed by atoms with Gasteiger partial charge in [0.1, 0.15) is 36.1 Å². The van der Waals surface area contributed by atoms with Gasteiger partial charge in [-0.1, -0.05) is 105 Å². The molecule has 0 bridgehead atoms. The minimum Gasteiger partial charge on any atom is -0.508 e. The monoisotopic (exact) mass is 1150 g/mol. The van der Waals surface area contributed by atoms with Gasteiger partial charge in [0, 0.05) is 42.8 Å². The second-order valence-electron chi connectivity index (χ2n) is 20.1. The molecule has 82 heavy (non-hydrogen) atoms. The maximum atomic E-state index is 14.0. The summed E-state index contributed by atoms with van der Waals surface area (Å²) in [6.45, 7) is 2.27. The van der Waals surface area contributed by atoms with E-state index in [2.05, 4.69) is 36.5 Å². The van der Waals surface area contributed by atoms with Crippen molar-refractivity contribution in [3.8, 4) is 34.0 Å². The molecule has 23 heteroatoms. The van der Waals surface area contributed by atoms with Gasteiger partial charge >= 0.3 is 0 Å². The van der Waals surface area contributed by atoms with Crippen LogP contribution in [-0.4, -0.2) is 140 Å². The number of amides is 4. The van der Waals surface area contributed by atoms with Gasteiger partial charge in [0.2, 0.25) is 23.6 Å². The maximum absolute atomic E-state index is 14.0. The molecule has 22 nitrogen and oxygen atoms in total. The van der Waals surface area contributed by atoms with Crippen molar-refractivity contribution < 1.29 is 67.5 Å². The number of carbonyl (C=O) groups is 4. The Labute approximate surface area is 475 Å². The molecule has 0 saturated carbocycles. The number of aliphatic hydroxyl groups excluding tert-OH is 5. The molecule has 0 saturated heterocycles. The van der Waals surface area contributed by atoms with E-state index in [0.29, 0.717) is 37.3 Å². The molecule has 436 valence electrons. The predicted molar refractivity (Wildman–Crippen MR) is 303 cm³/mol. The predicted octanol–water partition coefficient (Wildman–Crippen LogP) is 4.99. The van der Waals surface area contributed by atoms with Gasteiger partial charge < -0.3 is 56.6 Å². The second-order valence-corrected chi connectivity index (χ2v) is 21.5. The smallest absolute Gasteiger partial charge is 0.294 e. The molecule has 0 aliphatic carbocycles. The van der Waals surface area contributed by atoms with Gasteiger partial charge in [-0.25, -0.2) is 9.97 Å². The summed E-state index contributed by atoms with van der Waals surface area (Å²) < 4.78 is 39.2. The molecular formula is C59H70N8O14S. The van der Waals surface area contributed by atoms with Crippen LogP contribution in [0.1, 0.15) is 73.9 Å². The van der Waals surface area contributed by atoms with Crippen molar-refractivity contribution in [1.82, 2.24) is 31.2 Å². The van der Waals surface area contributed by atoms with Gasteiger partial charge in [0.25, 0.3) is 16.0 Å². The summed E-state index contributed by atoms with van der Waals surface area (Å²) in [5.41, 5.74) is 3.66. The lowest BCUT2D eigenvalue weighted by molar-refractivity contribution is -0.134. The van der Waals surface area contributed by atoms with Crippen LogP contribution in [0.3, 0.4) is 0 Å². The summed E-state index contributed by atoms with van der Waals surface area (Å²) in [5, 5.41) is 78.4. The highest BCUT2D eigenvalue weighted by molar-refractivity contribution is 7.85. The van der Waals surface area contributed by atoms with Gasteiger partial charge in [-0.3, -0.25) is 23.7 Å². The summed E-state index contributed by atoms with van der Waals surface area (Å²) in [4.78, 5) is 63.5. The third-order valence-corrected chi connectivity index (χ3v) is 14.3. The number of unbranched alkanes of at least 4 members (excludes halogenated alkanes) is 2. The van der Waals surface area contributed by atoms with E-state index >= 15 is 0 Å². The van der Waals surface area contributed by atoms with E-state index < -0.39 is 82.9 Å². The molecule has 2 heterocycles. The zero-order valence-corrected chi connectivity index (χ0v) is 46.2. The van der Waals surface area contributed by atoms with E-state index in [-0.39, 0.29) is 72.3 Å². The van der Waals surface area contributed by atoms with Gasteiger partial charge in [-0.2, -0.15) is 13.5 Å². The molecule has 6 aromatic rings. The number of aromatic hydroxyl groups is 1. The lowest BCUT2D eigenvalue weighted by Crippen LogP contribution is -2.52.